The van der Waals surface area contributed by atoms with Gasteiger partial charge < -0.3 is 11.1 Å². The Bertz CT molecular complexity index is 1270. The first-order valence-electron chi connectivity index (χ1n) is 10.9. The number of anilines is 1. The quantitative estimate of drug-likeness (QED) is 0.463. The number of Topliss-reactive ketones (excluding diaryl/α,β-unsaturated/α-hetero) is 1. The summed E-state index contributed by atoms with van der Waals surface area (Å²) in [5, 5.41) is 6.02. The fraction of sp³-hybridized carbons (Fsp3) is 0.500. The third-order valence-electron chi connectivity index (χ3n) is 5.69. The molecule has 0 unspecified atom stereocenters. The maximum Gasteiger partial charge on any atom is 0.435 e. The third-order valence-corrected chi connectivity index (χ3v) is 7.54. The number of nitrogens with two attached hydrogens (primary N) is 1. The maximum absolute atomic E-state index is 13.7. The summed E-state index contributed by atoms with van der Waals surface area (Å²) in [6, 6.07) is 4.14. The number of nitrogens with zero attached hydrogens (tertiary/aromatic N) is 2. The minimum Gasteiger partial charge on any atom is -0.383 e. The van der Waals surface area contributed by atoms with E-state index in [1.54, 1.807) is 13.8 Å². The molecule has 0 atom stereocenters. The zero-order valence-corrected chi connectivity index (χ0v) is 20.6. The standard InChI is InChI=1S/C22H28F3N5O4S/c1-12(2)35(33,34)28-8-7-27-15-9-13(5-6-14(15)20(26)32)30-16-10-21(3,4)11-17(31)18(16)19(29-30)22(23,24)25/h5-6,9,12,27-28H,7-8,10-11H2,1-4H3,(H2,26,32). The molecule has 0 fully saturated rings. The first-order chi connectivity index (χ1) is 16.0. The number of carbonyl (C=O) groups is 2. The number of alkyl halides is 3. The van der Waals surface area contributed by atoms with Crippen molar-refractivity contribution < 1.29 is 31.2 Å². The van der Waals surface area contributed by atoms with Gasteiger partial charge >= 0.3 is 6.18 Å². The van der Waals surface area contributed by atoms with Gasteiger partial charge in [-0.2, -0.15) is 18.3 Å². The first-order valence-corrected chi connectivity index (χ1v) is 12.5. The molecule has 2 aromatic rings. The SMILES string of the molecule is CC(C)S(=O)(=O)NCCNc1cc(-n2nc(C(F)(F)F)c3c2CC(C)(C)CC3=O)ccc1C(N)=O. The van der Waals surface area contributed by atoms with Gasteiger partial charge in [0.15, 0.2) is 11.5 Å². The Balaban J connectivity index is 2.02. The van der Waals surface area contributed by atoms with Crippen LogP contribution in [-0.4, -0.2) is 48.2 Å². The van der Waals surface area contributed by atoms with Crippen LogP contribution in [-0.2, 0) is 22.6 Å². The van der Waals surface area contributed by atoms with Crippen LogP contribution in [0.4, 0.5) is 18.9 Å². The van der Waals surface area contributed by atoms with Crippen molar-refractivity contribution in [3.8, 4) is 5.69 Å². The predicted octanol–water partition coefficient (Wildman–Crippen LogP) is 2.88. The molecule has 1 aliphatic rings. The van der Waals surface area contributed by atoms with E-state index in [1.165, 1.54) is 32.0 Å². The topological polar surface area (TPSA) is 136 Å². The van der Waals surface area contributed by atoms with Crippen LogP contribution in [0, 0.1) is 5.41 Å². The normalized spacial score (nSPS) is 15.8. The molecule has 4 N–H and O–H groups in total. The second kappa shape index (κ2) is 9.26. The number of hydrogen-bond donors (Lipinski definition) is 3. The van der Waals surface area contributed by atoms with Crippen molar-refractivity contribution in [2.24, 2.45) is 11.1 Å². The Hall–Kier alpha value is -2.93. The Morgan fingerprint density at radius 3 is 2.46 bits per heavy atom. The smallest absolute Gasteiger partial charge is 0.383 e. The van der Waals surface area contributed by atoms with Crippen LogP contribution >= 0.6 is 0 Å². The van der Waals surface area contributed by atoms with Gasteiger partial charge in [0.05, 0.1) is 27.8 Å². The zero-order chi connectivity index (χ0) is 26.3. The van der Waals surface area contributed by atoms with Gasteiger partial charge in [-0.05, 0) is 43.9 Å². The second-order valence-corrected chi connectivity index (χ2v) is 11.9. The molecule has 3 rings (SSSR count). The summed E-state index contributed by atoms with van der Waals surface area (Å²) in [6.07, 6.45) is -4.67. The number of carbonyl (C=O) groups excluding carboxylic acids is 2. The van der Waals surface area contributed by atoms with E-state index in [1.807, 2.05) is 0 Å². The lowest BCUT2D eigenvalue weighted by Crippen LogP contribution is -2.34. The molecule has 9 nitrogen and oxygen atoms in total. The number of aromatic nitrogens is 2. The molecule has 35 heavy (non-hydrogen) atoms. The van der Waals surface area contributed by atoms with Gasteiger partial charge in [0.25, 0.3) is 5.91 Å². The molecule has 0 aliphatic heterocycles. The average molecular weight is 516 g/mol. The Morgan fingerprint density at radius 2 is 1.89 bits per heavy atom. The summed E-state index contributed by atoms with van der Waals surface area (Å²) in [4.78, 5) is 24.5. The van der Waals surface area contributed by atoms with E-state index in [4.69, 9.17) is 5.73 Å². The summed E-state index contributed by atoms with van der Waals surface area (Å²) in [5.41, 5.74) is 3.78. The molecule has 1 aromatic carbocycles. The van der Waals surface area contributed by atoms with Gasteiger partial charge in [-0.15, -0.1) is 0 Å². The molecule has 0 bridgehead atoms. The number of sulfonamides is 1. The lowest BCUT2D eigenvalue weighted by atomic mass is 9.75. The van der Waals surface area contributed by atoms with Crippen molar-refractivity contribution in [2.75, 3.05) is 18.4 Å². The summed E-state index contributed by atoms with van der Waals surface area (Å²) in [6.45, 7) is 6.71. The number of primary amides is 1. The van der Waals surface area contributed by atoms with Gasteiger partial charge in [0, 0.05) is 25.2 Å². The molecular formula is C22H28F3N5O4S. The highest BCUT2D eigenvalue weighted by Crippen LogP contribution is 2.42. The lowest BCUT2D eigenvalue weighted by molar-refractivity contribution is -0.141. The Kier molecular flexibility index (Phi) is 7.06. The van der Waals surface area contributed by atoms with Crippen LogP contribution in [0.1, 0.15) is 66.2 Å². The molecule has 0 radical (unpaired) electrons. The molecule has 0 spiro atoms. The molecule has 1 heterocycles. The Labute approximate surface area is 201 Å². The summed E-state index contributed by atoms with van der Waals surface area (Å²) < 4.78 is 68.5. The van der Waals surface area contributed by atoms with Crippen LogP contribution < -0.4 is 15.8 Å². The van der Waals surface area contributed by atoms with E-state index in [0.29, 0.717) is 0 Å². The number of benzene rings is 1. The molecule has 192 valence electrons. The first kappa shape index (κ1) is 26.7. The molecule has 13 heteroatoms. The number of halogens is 3. The van der Waals surface area contributed by atoms with Crippen LogP contribution in [0.3, 0.4) is 0 Å². The van der Waals surface area contributed by atoms with Gasteiger partial charge in [0.1, 0.15) is 0 Å². The van der Waals surface area contributed by atoms with E-state index < -0.39 is 49.8 Å². The number of ketones is 1. The summed E-state index contributed by atoms with van der Waals surface area (Å²) >= 11 is 0. The fourth-order valence-corrected chi connectivity index (χ4v) is 4.66. The summed E-state index contributed by atoms with van der Waals surface area (Å²) in [7, 11) is -3.50. The van der Waals surface area contributed by atoms with Gasteiger partial charge in [-0.3, -0.25) is 9.59 Å². The fourth-order valence-electron chi connectivity index (χ4n) is 3.94. The van der Waals surface area contributed by atoms with E-state index in [-0.39, 0.29) is 48.6 Å². The van der Waals surface area contributed by atoms with Crippen LogP contribution in [0.2, 0.25) is 0 Å². The zero-order valence-electron chi connectivity index (χ0n) is 19.8. The molecule has 1 amide bonds. The highest BCUT2D eigenvalue weighted by atomic mass is 32.2. The number of fused-ring (bicyclic) bond motifs is 1. The van der Waals surface area contributed by atoms with E-state index in [9.17, 15) is 31.2 Å². The van der Waals surface area contributed by atoms with Gasteiger partial charge in [0.2, 0.25) is 10.0 Å². The van der Waals surface area contributed by atoms with Crippen molar-refractivity contribution in [2.45, 2.75) is 52.0 Å². The minimum atomic E-state index is -4.83. The number of hydrogen-bond acceptors (Lipinski definition) is 6. The highest BCUT2D eigenvalue weighted by molar-refractivity contribution is 7.90. The van der Waals surface area contributed by atoms with E-state index in [2.05, 4.69) is 15.1 Å². The predicted molar refractivity (Wildman–Crippen MR) is 124 cm³/mol. The second-order valence-electron chi connectivity index (χ2n) is 9.53. The molecule has 1 aliphatic carbocycles. The maximum atomic E-state index is 13.7. The highest BCUT2D eigenvalue weighted by Gasteiger charge is 2.45. The van der Waals surface area contributed by atoms with E-state index in [0.717, 1.165) is 4.68 Å². The third kappa shape index (κ3) is 5.67. The lowest BCUT2D eigenvalue weighted by Gasteiger charge is -2.29. The van der Waals surface area contributed by atoms with Crippen LogP contribution in [0.25, 0.3) is 5.69 Å². The van der Waals surface area contributed by atoms with Gasteiger partial charge in [-0.1, -0.05) is 13.8 Å². The van der Waals surface area contributed by atoms with Crippen LogP contribution in [0.15, 0.2) is 18.2 Å². The van der Waals surface area contributed by atoms with Crippen molar-refractivity contribution >= 4 is 27.4 Å². The van der Waals surface area contributed by atoms with Crippen molar-refractivity contribution in [3.63, 3.8) is 0 Å². The van der Waals surface area contributed by atoms with Crippen LogP contribution in [0.5, 0.6) is 0 Å². The number of amides is 1. The number of nitrogens with one attached hydrogen (secondary N) is 2. The van der Waals surface area contributed by atoms with Crippen molar-refractivity contribution in [1.29, 1.82) is 0 Å². The molecule has 1 aromatic heterocycles. The summed E-state index contributed by atoms with van der Waals surface area (Å²) in [5.74, 6) is -1.41. The minimum absolute atomic E-state index is 0.00102. The average Bonchev–Trinajstić information content (AvgIpc) is 3.09. The molecule has 0 saturated heterocycles. The largest absolute Gasteiger partial charge is 0.435 e. The molecule has 0 saturated carbocycles. The van der Waals surface area contributed by atoms with Gasteiger partial charge in [-0.25, -0.2) is 17.8 Å². The monoisotopic (exact) mass is 515 g/mol. The molecular weight excluding hydrogens is 487 g/mol. The van der Waals surface area contributed by atoms with E-state index >= 15 is 0 Å². The Morgan fingerprint density at radius 1 is 1.23 bits per heavy atom. The number of rotatable bonds is 8. The van der Waals surface area contributed by atoms with Crippen molar-refractivity contribution in [3.05, 3.63) is 40.7 Å². The van der Waals surface area contributed by atoms with Crippen molar-refractivity contribution in [1.82, 2.24) is 14.5 Å².